The Bertz CT molecular complexity index is 1670. The number of hydrogen-bond acceptors (Lipinski definition) is 7. The first-order valence-corrected chi connectivity index (χ1v) is 15.1. The van der Waals surface area contributed by atoms with Crippen molar-refractivity contribution in [2.24, 2.45) is 0 Å². The molecule has 2 saturated heterocycles. The number of aromatic nitrogens is 2. The molecule has 240 valence electrons. The maximum atomic E-state index is 14.1. The minimum Gasteiger partial charge on any atom is -0.420 e. The first kappa shape index (κ1) is 31.1. The second-order valence-electron chi connectivity index (χ2n) is 11.3. The quantitative estimate of drug-likeness (QED) is 0.159. The highest BCUT2D eigenvalue weighted by atomic mass is 19.4. The number of nitrogens with one attached hydrogen (secondary N) is 1. The van der Waals surface area contributed by atoms with E-state index in [1.165, 1.54) is 22.7 Å². The first-order valence-electron chi connectivity index (χ1n) is 15.1. The number of anilines is 3. The molecule has 0 spiro atoms. The maximum absolute atomic E-state index is 14.1. The van der Waals surface area contributed by atoms with Crippen LogP contribution in [0, 0.1) is 5.82 Å². The van der Waals surface area contributed by atoms with Crippen molar-refractivity contribution < 1.29 is 31.6 Å². The fraction of sp³-hybridized carbons (Fsp3) is 0.333. The van der Waals surface area contributed by atoms with Crippen molar-refractivity contribution in [3.63, 3.8) is 0 Å². The molecule has 46 heavy (non-hydrogen) atoms. The number of halogens is 4. The summed E-state index contributed by atoms with van der Waals surface area (Å²) in [6.45, 7) is 2.44. The molecule has 13 heteroatoms. The summed E-state index contributed by atoms with van der Waals surface area (Å²) in [7, 11) is 0. The van der Waals surface area contributed by atoms with Gasteiger partial charge in [-0.05, 0) is 48.1 Å². The highest BCUT2D eigenvalue weighted by Gasteiger charge is 2.42. The Hall–Kier alpha value is -4.94. The van der Waals surface area contributed by atoms with Crippen LogP contribution in [-0.4, -0.2) is 66.0 Å². The predicted octanol–water partition coefficient (Wildman–Crippen LogP) is 6.39. The molecule has 2 aromatic carbocycles. The smallest absolute Gasteiger partial charge is 0.420 e. The van der Waals surface area contributed by atoms with E-state index < -0.39 is 29.2 Å². The van der Waals surface area contributed by atoms with Gasteiger partial charge in [0.05, 0.1) is 5.69 Å². The van der Waals surface area contributed by atoms with Crippen LogP contribution in [0.15, 0.2) is 77.3 Å². The molecular formula is C33H32F4N6O3. The monoisotopic (exact) mass is 636 g/mol. The zero-order valence-electron chi connectivity index (χ0n) is 24.8. The highest BCUT2D eigenvalue weighted by molar-refractivity contribution is 5.96. The van der Waals surface area contributed by atoms with Crippen molar-refractivity contribution in [1.29, 1.82) is 0 Å². The second-order valence-corrected chi connectivity index (χ2v) is 11.3. The molecule has 2 amide bonds. The van der Waals surface area contributed by atoms with Gasteiger partial charge in [0.2, 0.25) is 11.5 Å². The number of amides is 2. The molecule has 6 rings (SSSR count). The summed E-state index contributed by atoms with van der Waals surface area (Å²) in [5, 5.41) is 3.09. The lowest BCUT2D eigenvalue weighted by Crippen LogP contribution is -2.35. The molecule has 2 aromatic heterocycles. The number of hydrogen-bond donors (Lipinski definition) is 1. The van der Waals surface area contributed by atoms with Gasteiger partial charge in [0.1, 0.15) is 11.6 Å². The van der Waals surface area contributed by atoms with E-state index in [0.29, 0.717) is 56.6 Å². The minimum absolute atomic E-state index is 0.201. The molecule has 1 N–H and O–H groups in total. The standard InChI is InChI=1S/C33H32F4N6O3/c34-25-8-4-5-9-26(25)43-19-18-42(32(43)45)17-14-38-28-11-10-22(21-39-28)20-27(44)29-30(33(35,36)37)40-31(46-29)41-15-12-24(13-16-41)23-6-2-1-3-7-23/h1-11,21,24H,12-20H2,(H,38,39). The van der Waals surface area contributed by atoms with Crippen LogP contribution in [-0.2, 0) is 12.6 Å². The average Bonchev–Trinajstić information content (AvgIpc) is 3.67. The number of rotatable bonds is 10. The minimum atomic E-state index is -4.86. The Morgan fingerprint density at radius 2 is 1.70 bits per heavy atom. The topological polar surface area (TPSA) is 94.8 Å². The van der Waals surface area contributed by atoms with Crippen molar-refractivity contribution in [3.05, 3.63) is 101 Å². The molecule has 2 aliphatic rings. The van der Waals surface area contributed by atoms with Crippen molar-refractivity contribution >= 4 is 29.3 Å². The van der Waals surface area contributed by atoms with Crippen molar-refractivity contribution in [2.45, 2.75) is 31.4 Å². The summed E-state index contributed by atoms with van der Waals surface area (Å²) in [5.74, 6) is -1.37. The number of nitrogens with zero attached hydrogens (tertiary/aromatic N) is 5. The van der Waals surface area contributed by atoms with Crippen molar-refractivity contribution in [1.82, 2.24) is 14.9 Å². The van der Waals surface area contributed by atoms with E-state index in [-0.39, 0.29) is 24.2 Å². The number of carbonyl (C=O) groups excluding carboxylic acids is 2. The van der Waals surface area contributed by atoms with Gasteiger partial charge in [0.25, 0.3) is 6.01 Å². The van der Waals surface area contributed by atoms with Crippen LogP contribution in [0.1, 0.15) is 46.1 Å². The van der Waals surface area contributed by atoms with Gasteiger partial charge in [0.15, 0.2) is 5.69 Å². The first-order chi connectivity index (χ1) is 22.2. The molecule has 2 fully saturated rings. The lowest BCUT2D eigenvalue weighted by molar-refractivity contribution is -0.141. The van der Waals surface area contributed by atoms with Crippen LogP contribution in [0.25, 0.3) is 0 Å². The normalized spacial score (nSPS) is 15.9. The molecule has 0 radical (unpaired) electrons. The van der Waals surface area contributed by atoms with Gasteiger partial charge in [-0.3, -0.25) is 9.69 Å². The van der Waals surface area contributed by atoms with Gasteiger partial charge in [-0.1, -0.05) is 48.5 Å². The Balaban J connectivity index is 1.03. The lowest BCUT2D eigenvalue weighted by atomic mass is 9.90. The third-order valence-corrected chi connectivity index (χ3v) is 8.29. The SMILES string of the molecule is O=C(Cc1ccc(NCCN2CCN(c3ccccc3F)C2=O)nc1)c1oc(N2CCC(c3ccccc3)CC2)nc1C(F)(F)F. The van der Waals surface area contributed by atoms with Gasteiger partial charge in [-0.25, -0.2) is 14.2 Å². The van der Waals surface area contributed by atoms with Crippen LogP contribution in [0.5, 0.6) is 0 Å². The number of piperidine rings is 1. The number of ketones is 1. The number of benzene rings is 2. The van der Waals surface area contributed by atoms with Crippen LogP contribution in [0.4, 0.5) is 39.9 Å². The molecule has 4 heterocycles. The van der Waals surface area contributed by atoms with Gasteiger partial charge in [0, 0.05) is 51.9 Å². The van der Waals surface area contributed by atoms with Crippen LogP contribution in [0.2, 0.25) is 0 Å². The molecule has 0 aliphatic carbocycles. The number of carbonyl (C=O) groups is 2. The van der Waals surface area contributed by atoms with Gasteiger partial charge in [-0.15, -0.1) is 0 Å². The Kier molecular flexibility index (Phi) is 8.91. The fourth-order valence-corrected chi connectivity index (χ4v) is 5.86. The van der Waals surface area contributed by atoms with E-state index in [0.717, 1.165) is 12.8 Å². The maximum Gasteiger partial charge on any atom is 0.437 e. The van der Waals surface area contributed by atoms with E-state index in [1.54, 1.807) is 40.1 Å². The third kappa shape index (κ3) is 6.82. The summed E-state index contributed by atoms with van der Waals surface area (Å²) in [4.78, 5) is 38.4. The summed E-state index contributed by atoms with van der Waals surface area (Å²) >= 11 is 0. The summed E-state index contributed by atoms with van der Waals surface area (Å²) in [6, 6.07) is 18.8. The largest absolute Gasteiger partial charge is 0.437 e. The second kappa shape index (κ2) is 13.2. The molecular weight excluding hydrogens is 604 g/mol. The third-order valence-electron chi connectivity index (χ3n) is 8.29. The number of para-hydroxylation sites is 1. The molecule has 0 atom stereocenters. The van der Waals surface area contributed by atoms with E-state index in [4.69, 9.17) is 4.42 Å². The van der Waals surface area contributed by atoms with Crippen molar-refractivity contribution in [3.8, 4) is 0 Å². The van der Waals surface area contributed by atoms with Crippen LogP contribution >= 0.6 is 0 Å². The number of urea groups is 1. The number of alkyl halides is 3. The van der Waals surface area contributed by atoms with E-state index in [2.05, 4.69) is 15.3 Å². The zero-order valence-corrected chi connectivity index (χ0v) is 24.8. The lowest BCUT2D eigenvalue weighted by Gasteiger charge is -2.31. The summed E-state index contributed by atoms with van der Waals surface area (Å²) in [6.07, 6.45) is -2.35. The fourth-order valence-electron chi connectivity index (χ4n) is 5.86. The Labute approximate surface area is 262 Å². The van der Waals surface area contributed by atoms with Gasteiger partial charge < -0.3 is 19.5 Å². The van der Waals surface area contributed by atoms with Crippen LogP contribution < -0.4 is 15.1 Å². The molecule has 4 aromatic rings. The number of Topliss-reactive ketones (excluding diaryl/α,β-unsaturated/α-hetero) is 1. The highest BCUT2D eigenvalue weighted by Crippen LogP contribution is 2.37. The molecule has 0 bridgehead atoms. The average molecular weight is 637 g/mol. The number of pyridine rings is 1. The number of oxazole rings is 1. The van der Waals surface area contributed by atoms with E-state index >= 15 is 0 Å². The molecule has 0 saturated carbocycles. The molecule has 2 aliphatic heterocycles. The summed E-state index contributed by atoms with van der Waals surface area (Å²) < 4.78 is 61.3. The van der Waals surface area contributed by atoms with Crippen molar-refractivity contribution in [2.75, 3.05) is 54.4 Å². The van der Waals surface area contributed by atoms with E-state index in [1.807, 2.05) is 30.3 Å². The Morgan fingerprint density at radius 3 is 2.39 bits per heavy atom. The van der Waals surface area contributed by atoms with Crippen LogP contribution in [0.3, 0.4) is 0 Å². The molecule has 0 unspecified atom stereocenters. The van der Waals surface area contributed by atoms with Gasteiger partial charge in [-0.2, -0.15) is 18.2 Å². The van der Waals surface area contributed by atoms with E-state index in [9.17, 15) is 27.2 Å². The van der Waals surface area contributed by atoms with Gasteiger partial charge >= 0.3 is 12.2 Å². The summed E-state index contributed by atoms with van der Waals surface area (Å²) in [5.41, 5.74) is 0.502. The predicted molar refractivity (Wildman–Crippen MR) is 164 cm³/mol. The molecule has 9 nitrogen and oxygen atoms in total. The Morgan fingerprint density at radius 1 is 0.957 bits per heavy atom. The zero-order chi connectivity index (χ0) is 32.3.